The number of carbonyl (C=O) groups is 2. The minimum atomic E-state index is -0.276. The molecule has 3 rings (SSSR count). The minimum Gasteiger partial charge on any atom is -0.332 e. The molecule has 3 aromatic carbocycles. The second kappa shape index (κ2) is 8.92. The number of hydrogen-bond donors (Lipinski definition) is 3. The lowest BCUT2D eigenvalue weighted by atomic mass is 10.1. The van der Waals surface area contributed by atoms with Crippen LogP contribution < -0.4 is 16.0 Å². The van der Waals surface area contributed by atoms with Gasteiger partial charge in [-0.25, -0.2) is 0 Å². The molecule has 0 radical (unpaired) electrons. The van der Waals surface area contributed by atoms with Crippen LogP contribution in [-0.4, -0.2) is 16.9 Å². The lowest BCUT2D eigenvalue weighted by molar-refractivity contribution is 0.0976. The van der Waals surface area contributed by atoms with Crippen LogP contribution in [0.2, 0.25) is 0 Å². The van der Waals surface area contributed by atoms with Crippen LogP contribution in [0.1, 0.15) is 26.3 Å². The fourth-order valence-electron chi connectivity index (χ4n) is 2.59. The Kier molecular flexibility index (Phi) is 6.14. The van der Waals surface area contributed by atoms with E-state index in [0.717, 1.165) is 5.56 Å². The second-order valence-electron chi connectivity index (χ2n) is 6.12. The van der Waals surface area contributed by atoms with Gasteiger partial charge in [-0.05, 0) is 67.2 Å². The third-order valence-corrected chi connectivity index (χ3v) is 4.24. The first-order chi connectivity index (χ1) is 13.5. The van der Waals surface area contributed by atoms with Crippen molar-refractivity contribution in [1.82, 2.24) is 5.32 Å². The average Bonchev–Trinajstić information content (AvgIpc) is 2.71. The smallest absolute Gasteiger partial charge is 0.257 e. The molecule has 3 N–H and O–H groups in total. The van der Waals surface area contributed by atoms with E-state index >= 15 is 0 Å². The minimum absolute atomic E-state index is 0.171. The van der Waals surface area contributed by atoms with Crippen molar-refractivity contribution in [3.63, 3.8) is 0 Å². The summed E-state index contributed by atoms with van der Waals surface area (Å²) in [5.74, 6) is -0.448. The van der Waals surface area contributed by atoms with Crippen LogP contribution in [-0.2, 0) is 0 Å². The fourth-order valence-corrected chi connectivity index (χ4v) is 2.80. The molecule has 0 bridgehead atoms. The Bertz CT molecular complexity index is 1000. The summed E-state index contributed by atoms with van der Waals surface area (Å²) in [7, 11) is 0. The van der Waals surface area contributed by atoms with Gasteiger partial charge in [0.1, 0.15) is 0 Å². The van der Waals surface area contributed by atoms with Gasteiger partial charge in [0, 0.05) is 22.5 Å². The molecule has 0 fully saturated rings. The van der Waals surface area contributed by atoms with E-state index < -0.39 is 0 Å². The predicted octanol–water partition coefficient (Wildman–Crippen LogP) is 4.37. The van der Waals surface area contributed by atoms with Crippen molar-refractivity contribution in [2.75, 3.05) is 10.6 Å². The normalized spacial score (nSPS) is 10.0. The highest BCUT2D eigenvalue weighted by Crippen LogP contribution is 2.20. The zero-order chi connectivity index (χ0) is 19.9. The van der Waals surface area contributed by atoms with Gasteiger partial charge in [-0.3, -0.25) is 14.9 Å². The zero-order valence-electron chi connectivity index (χ0n) is 15.2. The molecule has 0 saturated heterocycles. The molecule has 0 aromatic heterocycles. The van der Waals surface area contributed by atoms with Gasteiger partial charge < -0.3 is 10.6 Å². The van der Waals surface area contributed by atoms with Gasteiger partial charge in [0.2, 0.25) is 0 Å². The molecule has 0 aliphatic rings. The van der Waals surface area contributed by atoms with E-state index in [1.807, 2.05) is 37.3 Å². The van der Waals surface area contributed by atoms with Crippen LogP contribution in [0.25, 0.3) is 0 Å². The molecule has 6 heteroatoms. The summed E-state index contributed by atoms with van der Waals surface area (Å²) >= 11 is 5.21. The molecule has 0 saturated carbocycles. The van der Waals surface area contributed by atoms with Gasteiger partial charge in [0.15, 0.2) is 5.11 Å². The molecule has 0 aliphatic carbocycles. The summed E-state index contributed by atoms with van der Waals surface area (Å²) in [6.07, 6.45) is 0. The molecule has 3 aromatic rings. The van der Waals surface area contributed by atoms with Crippen LogP contribution in [0.3, 0.4) is 0 Å². The SMILES string of the molecule is Cc1cc(NC(=S)NC(=O)c2ccccc2)ccc1NC(=O)c1ccccc1. The molecule has 140 valence electrons. The summed E-state index contributed by atoms with van der Waals surface area (Å²) in [6.45, 7) is 1.89. The molecule has 2 amide bonds. The molecule has 0 atom stereocenters. The Labute approximate surface area is 168 Å². The topological polar surface area (TPSA) is 70.2 Å². The number of thiocarbonyl (C=S) groups is 1. The Balaban J connectivity index is 1.61. The summed E-state index contributed by atoms with van der Waals surface area (Å²) < 4.78 is 0. The first kappa shape index (κ1) is 19.3. The van der Waals surface area contributed by atoms with E-state index in [4.69, 9.17) is 12.2 Å². The van der Waals surface area contributed by atoms with Crippen molar-refractivity contribution in [1.29, 1.82) is 0 Å². The highest BCUT2D eigenvalue weighted by molar-refractivity contribution is 7.80. The highest BCUT2D eigenvalue weighted by atomic mass is 32.1. The summed E-state index contributed by atoms with van der Waals surface area (Å²) in [5, 5.41) is 8.72. The first-order valence-corrected chi connectivity index (χ1v) is 9.08. The van der Waals surface area contributed by atoms with Gasteiger partial charge in [0.05, 0.1) is 0 Å². The van der Waals surface area contributed by atoms with E-state index in [1.54, 1.807) is 48.5 Å². The highest BCUT2D eigenvalue weighted by Gasteiger charge is 2.10. The summed E-state index contributed by atoms with van der Waals surface area (Å²) in [5.41, 5.74) is 3.41. The largest absolute Gasteiger partial charge is 0.332 e. The van der Waals surface area contributed by atoms with Crippen molar-refractivity contribution >= 4 is 40.5 Å². The molecular formula is C22H19N3O2S. The predicted molar refractivity (Wildman–Crippen MR) is 116 cm³/mol. The number of nitrogens with one attached hydrogen (secondary N) is 3. The molecule has 0 heterocycles. The molecular weight excluding hydrogens is 370 g/mol. The standard InChI is InChI=1S/C22H19N3O2S/c1-15-14-18(23-22(28)25-21(27)17-10-6-3-7-11-17)12-13-19(15)24-20(26)16-8-4-2-5-9-16/h2-14H,1H3,(H,24,26)(H2,23,25,27,28). The van der Waals surface area contributed by atoms with Gasteiger partial charge in [-0.15, -0.1) is 0 Å². The van der Waals surface area contributed by atoms with Crippen molar-refractivity contribution in [2.45, 2.75) is 6.92 Å². The van der Waals surface area contributed by atoms with Crippen molar-refractivity contribution in [3.05, 3.63) is 95.6 Å². The molecule has 0 unspecified atom stereocenters. The molecule has 0 aliphatic heterocycles. The van der Waals surface area contributed by atoms with E-state index in [1.165, 1.54) is 0 Å². The summed E-state index contributed by atoms with van der Waals surface area (Å²) in [6, 6.07) is 23.3. The Morgan fingerprint density at radius 2 is 1.32 bits per heavy atom. The van der Waals surface area contributed by atoms with E-state index in [9.17, 15) is 9.59 Å². The van der Waals surface area contributed by atoms with Crippen LogP contribution in [0.5, 0.6) is 0 Å². The number of hydrogen-bond acceptors (Lipinski definition) is 3. The molecule has 0 spiro atoms. The molecule has 5 nitrogen and oxygen atoms in total. The summed E-state index contributed by atoms with van der Waals surface area (Å²) in [4.78, 5) is 24.4. The zero-order valence-corrected chi connectivity index (χ0v) is 16.0. The van der Waals surface area contributed by atoms with Crippen molar-refractivity contribution < 1.29 is 9.59 Å². The number of carbonyl (C=O) groups excluding carboxylic acids is 2. The first-order valence-electron chi connectivity index (χ1n) is 8.67. The molecule has 28 heavy (non-hydrogen) atoms. The number of benzene rings is 3. The van der Waals surface area contributed by atoms with Crippen LogP contribution >= 0.6 is 12.2 Å². The monoisotopic (exact) mass is 389 g/mol. The maximum Gasteiger partial charge on any atom is 0.257 e. The van der Waals surface area contributed by atoms with Gasteiger partial charge >= 0.3 is 0 Å². The lowest BCUT2D eigenvalue weighted by Gasteiger charge is -2.13. The number of anilines is 2. The average molecular weight is 389 g/mol. The Morgan fingerprint density at radius 3 is 1.89 bits per heavy atom. The third kappa shape index (κ3) is 5.02. The second-order valence-corrected chi connectivity index (χ2v) is 6.53. The number of aryl methyl sites for hydroxylation is 1. The number of amides is 2. The van der Waals surface area contributed by atoms with Gasteiger partial charge in [-0.1, -0.05) is 36.4 Å². The maximum atomic E-state index is 12.3. The van der Waals surface area contributed by atoms with E-state index in [0.29, 0.717) is 22.5 Å². The lowest BCUT2D eigenvalue weighted by Crippen LogP contribution is -2.34. The van der Waals surface area contributed by atoms with Crippen molar-refractivity contribution in [2.24, 2.45) is 0 Å². The maximum absolute atomic E-state index is 12.3. The van der Waals surface area contributed by atoms with Crippen LogP contribution in [0.15, 0.2) is 78.9 Å². The van der Waals surface area contributed by atoms with Crippen LogP contribution in [0, 0.1) is 6.92 Å². The Morgan fingerprint density at radius 1 is 0.750 bits per heavy atom. The Hall–Kier alpha value is -3.51. The quantitative estimate of drug-likeness (QED) is 0.580. The number of rotatable bonds is 4. The van der Waals surface area contributed by atoms with Gasteiger partial charge in [-0.2, -0.15) is 0 Å². The fraction of sp³-hybridized carbons (Fsp3) is 0.0455. The third-order valence-electron chi connectivity index (χ3n) is 4.03. The van der Waals surface area contributed by atoms with Gasteiger partial charge in [0.25, 0.3) is 11.8 Å². The van der Waals surface area contributed by atoms with Crippen LogP contribution in [0.4, 0.5) is 11.4 Å². The van der Waals surface area contributed by atoms with Crippen molar-refractivity contribution in [3.8, 4) is 0 Å². The van der Waals surface area contributed by atoms with E-state index in [2.05, 4.69) is 16.0 Å². The van der Waals surface area contributed by atoms with E-state index in [-0.39, 0.29) is 16.9 Å².